The van der Waals surface area contributed by atoms with Crippen molar-refractivity contribution in [2.45, 2.75) is 13.5 Å². The number of aryl methyl sites for hydroxylation is 1. The zero-order valence-corrected chi connectivity index (χ0v) is 16.2. The Morgan fingerprint density at radius 2 is 2.00 bits per heavy atom. The molecule has 8 heteroatoms. The Hall–Kier alpha value is -3.81. The predicted molar refractivity (Wildman–Crippen MR) is 108 cm³/mol. The molecule has 1 heterocycles. The molecule has 29 heavy (non-hydrogen) atoms. The number of amides is 2. The minimum Gasteiger partial charge on any atom is -0.497 e. The number of hydrogen-bond acceptors (Lipinski definition) is 5. The Bertz CT molecular complexity index is 1030. The molecule has 1 aromatic heterocycles. The molecule has 0 spiro atoms. The molecule has 0 bridgehead atoms. The SMILES string of the molecule is COc1ccc(OCC(=O)Nc2ccnn2Cc2cccc(C)c2)c(C(N)=O)c1. The second-order valence-corrected chi connectivity index (χ2v) is 6.43. The fourth-order valence-corrected chi connectivity index (χ4v) is 2.82. The molecule has 0 saturated heterocycles. The number of rotatable bonds is 8. The summed E-state index contributed by atoms with van der Waals surface area (Å²) in [5.41, 5.74) is 7.74. The standard InChI is InChI=1S/C21H22N4O4/c1-14-4-3-5-15(10-14)12-25-19(8-9-23-25)24-20(26)13-29-18-7-6-16(28-2)11-17(18)21(22)27/h3-11H,12-13H2,1-2H3,(H2,22,27)(H,24,26). The highest BCUT2D eigenvalue weighted by Gasteiger charge is 2.14. The van der Waals surface area contributed by atoms with Crippen molar-refractivity contribution >= 4 is 17.6 Å². The topological polar surface area (TPSA) is 108 Å². The largest absolute Gasteiger partial charge is 0.497 e. The molecule has 0 fully saturated rings. The summed E-state index contributed by atoms with van der Waals surface area (Å²) in [6.07, 6.45) is 1.61. The number of nitrogens with two attached hydrogens (primary N) is 1. The van der Waals surface area contributed by atoms with Crippen molar-refractivity contribution in [1.29, 1.82) is 0 Å². The van der Waals surface area contributed by atoms with Gasteiger partial charge in [-0.05, 0) is 30.7 Å². The van der Waals surface area contributed by atoms with Crippen LogP contribution in [0.2, 0.25) is 0 Å². The molecule has 3 rings (SSSR count). The summed E-state index contributed by atoms with van der Waals surface area (Å²) in [6.45, 7) is 2.25. The number of hydrogen-bond donors (Lipinski definition) is 2. The molecule has 0 atom stereocenters. The average Bonchev–Trinajstić information content (AvgIpc) is 3.12. The van der Waals surface area contributed by atoms with Crippen LogP contribution in [0.15, 0.2) is 54.7 Å². The molecule has 2 amide bonds. The van der Waals surface area contributed by atoms with E-state index in [1.165, 1.54) is 19.2 Å². The Morgan fingerprint density at radius 3 is 2.72 bits per heavy atom. The van der Waals surface area contributed by atoms with Crippen molar-refractivity contribution < 1.29 is 19.1 Å². The number of carbonyl (C=O) groups is 2. The van der Waals surface area contributed by atoms with Crippen molar-refractivity contribution in [2.75, 3.05) is 19.0 Å². The summed E-state index contributed by atoms with van der Waals surface area (Å²) in [7, 11) is 1.48. The second kappa shape index (κ2) is 8.92. The van der Waals surface area contributed by atoms with Crippen molar-refractivity contribution in [3.63, 3.8) is 0 Å². The van der Waals surface area contributed by atoms with Gasteiger partial charge in [0, 0.05) is 6.07 Å². The van der Waals surface area contributed by atoms with E-state index in [1.54, 1.807) is 23.0 Å². The van der Waals surface area contributed by atoms with Gasteiger partial charge >= 0.3 is 0 Å². The van der Waals surface area contributed by atoms with Crippen LogP contribution in [0.3, 0.4) is 0 Å². The van der Waals surface area contributed by atoms with Crippen molar-refractivity contribution in [1.82, 2.24) is 9.78 Å². The van der Waals surface area contributed by atoms with Crippen molar-refractivity contribution in [2.24, 2.45) is 5.73 Å². The average molecular weight is 394 g/mol. The van der Waals surface area contributed by atoms with Gasteiger partial charge in [0.1, 0.15) is 17.3 Å². The maximum absolute atomic E-state index is 12.3. The first-order chi connectivity index (χ1) is 14.0. The molecule has 0 unspecified atom stereocenters. The molecule has 0 aliphatic rings. The quantitative estimate of drug-likeness (QED) is 0.610. The van der Waals surface area contributed by atoms with Crippen LogP contribution in [-0.2, 0) is 11.3 Å². The van der Waals surface area contributed by atoms with Gasteiger partial charge in [-0.25, -0.2) is 4.68 Å². The number of primary amides is 1. The summed E-state index contributed by atoms with van der Waals surface area (Å²) >= 11 is 0. The summed E-state index contributed by atoms with van der Waals surface area (Å²) in [5.74, 6) is 0.167. The van der Waals surface area contributed by atoms with E-state index in [4.69, 9.17) is 15.2 Å². The Balaban J connectivity index is 1.64. The lowest BCUT2D eigenvalue weighted by Gasteiger charge is -2.12. The van der Waals surface area contributed by atoms with Crippen LogP contribution in [0.5, 0.6) is 11.5 Å². The van der Waals surface area contributed by atoms with Crippen LogP contribution < -0.4 is 20.5 Å². The van der Waals surface area contributed by atoms with Gasteiger partial charge in [-0.2, -0.15) is 5.10 Å². The number of anilines is 1. The third-order valence-corrected chi connectivity index (χ3v) is 4.21. The van der Waals surface area contributed by atoms with Gasteiger partial charge in [0.2, 0.25) is 0 Å². The van der Waals surface area contributed by atoms with Gasteiger partial charge in [0.15, 0.2) is 6.61 Å². The van der Waals surface area contributed by atoms with Gasteiger partial charge < -0.3 is 20.5 Å². The lowest BCUT2D eigenvalue weighted by molar-refractivity contribution is -0.118. The molecule has 0 saturated carbocycles. The van der Waals surface area contributed by atoms with Crippen molar-refractivity contribution in [3.8, 4) is 11.5 Å². The highest BCUT2D eigenvalue weighted by molar-refractivity contribution is 5.96. The lowest BCUT2D eigenvalue weighted by atomic mass is 10.1. The van der Waals surface area contributed by atoms with E-state index >= 15 is 0 Å². The first kappa shape index (κ1) is 19.9. The Kier molecular flexibility index (Phi) is 6.13. The summed E-state index contributed by atoms with van der Waals surface area (Å²) in [6, 6.07) is 14.4. The van der Waals surface area contributed by atoms with E-state index in [9.17, 15) is 9.59 Å². The Labute approximate surface area is 168 Å². The maximum Gasteiger partial charge on any atom is 0.263 e. The van der Waals surface area contributed by atoms with Gasteiger partial charge in [-0.15, -0.1) is 0 Å². The zero-order chi connectivity index (χ0) is 20.8. The monoisotopic (exact) mass is 394 g/mol. The van der Waals surface area contributed by atoms with Crippen LogP contribution in [0.25, 0.3) is 0 Å². The van der Waals surface area contributed by atoms with E-state index in [2.05, 4.69) is 16.5 Å². The van der Waals surface area contributed by atoms with E-state index in [-0.39, 0.29) is 23.8 Å². The van der Waals surface area contributed by atoms with E-state index < -0.39 is 5.91 Å². The number of ether oxygens (including phenoxy) is 2. The van der Waals surface area contributed by atoms with Gasteiger partial charge in [-0.1, -0.05) is 29.8 Å². The van der Waals surface area contributed by atoms with Gasteiger partial charge in [0.25, 0.3) is 11.8 Å². The van der Waals surface area contributed by atoms with Crippen LogP contribution in [0.4, 0.5) is 5.82 Å². The lowest BCUT2D eigenvalue weighted by Crippen LogP contribution is -2.23. The summed E-state index contributed by atoms with van der Waals surface area (Å²) < 4.78 is 12.2. The van der Waals surface area contributed by atoms with Crippen LogP contribution in [0, 0.1) is 6.92 Å². The minimum atomic E-state index is -0.671. The zero-order valence-electron chi connectivity index (χ0n) is 16.2. The summed E-state index contributed by atoms with van der Waals surface area (Å²) in [4.78, 5) is 23.9. The molecule has 0 aliphatic heterocycles. The highest BCUT2D eigenvalue weighted by Crippen LogP contribution is 2.24. The predicted octanol–water partition coefficient (Wildman–Crippen LogP) is 2.36. The van der Waals surface area contributed by atoms with Crippen molar-refractivity contribution in [3.05, 3.63) is 71.4 Å². The van der Waals surface area contributed by atoms with Gasteiger partial charge in [0.05, 0.1) is 25.4 Å². The van der Waals surface area contributed by atoms with Gasteiger partial charge in [-0.3, -0.25) is 9.59 Å². The molecule has 3 N–H and O–H groups in total. The first-order valence-corrected chi connectivity index (χ1v) is 8.94. The first-order valence-electron chi connectivity index (χ1n) is 8.94. The fourth-order valence-electron chi connectivity index (χ4n) is 2.82. The van der Waals surface area contributed by atoms with E-state index in [1.807, 2.05) is 25.1 Å². The Morgan fingerprint density at radius 1 is 1.17 bits per heavy atom. The van der Waals surface area contributed by atoms with E-state index in [0.717, 1.165) is 11.1 Å². The summed E-state index contributed by atoms with van der Waals surface area (Å²) in [5, 5.41) is 7.02. The normalized spacial score (nSPS) is 10.4. The van der Waals surface area contributed by atoms with Crippen LogP contribution in [-0.4, -0.2) is 35.3 Å². The van der Waals surface area contributed by atoms with E-state index in [0.29, 0.717) is 18.1 Å². The van der Waals surface area contributed by atoms with Crippen LogP contribution >= 0.6 is 0 Å². The number of carbonyl (C=O) groups excluding carboxylic acids is 2. The molecule has 150 valence electrons. The minimum absolute atomic E-state index is 0.140. The number of methoxy groups -OCH3 is 1. The van der Waals surface area contributed by atoms with Crippen LogP contribution in [0.1, 0.15) is 21.5 Å². The number of benzene rings is 2. The number of aromatic nitrogens is 2. The smallest absolute Gasteiger partial charge is 0.263 e. The molecular formula is C21H22N4O4. The molecule has 0 aliphatic carbocycles. The number of nitrogens with zero attached hydrogens (tertiary/aromatic N) is 2. The maximum atomic E-state index is 12.3. The molecule has 2 aromatic carbocycles. The molecule has 0 radical (unpaired) electrons. The number of nitrogens with one attached hydrogen (secondary N) is 1. The third-order valence-electron chi connectivity index (χ3n) is 4.21. The highest BCUT2D eigenvalue weighted by atomic mass is 16.5. The fraction of sp³-hybridized carbons (Fsp3) is 0.190. The molecule has 3 aromatic rings. The molecule has 8 nitrogen and oxygen atoms in total. The third kappa shape index (κ3) is 5.13. The molecular weight excluding hydrogens is 372 g/mol. The second-order valence-electron chi connectivity index (χ2n) is 6.43.